The Bertz CT molecular complexity index is 955. The number of rotatable bonds is 9. The molecule has 6 nitrogen and oxygen atoms in total. The first-order valence-electron chi connectivity index (χ1n) is 10.6. The average Bonchev–Trinajstić information content (AvgIpc) is 2.94. The molecular weight excluding hydrogens is 392 g/mol. The third kappa shape index (κ3) is 5.02. The van der Waals surface area contributed by atoms with Crippen LogP contribution in [0, 0.1) is 0 Å². The maximum atomic E-state index is 13.1. The van der Waals surface area contributed by atoms with Gasteiger partial charge in [-0.2, -0.15) is 0 Å². The Morgan fingerprint density at radius 3 is 2.39 bits per heavy atom. The summed E-state index contributed by atoms with van der Waals surface area (Å²) in [5, 5.41) is 3.30. The first kappa shape index (κ1) is 22.7. The first-order valence-corrected chi connectivity index (χ1v) is 10.6. The maximum Gasteiger partial charge on any atom is 0.232 e. The summed E-state index contributed by atoms with van der Waals surface area (Å²) in [4.78, 5) is 14.9. The quantitative estimate of drug-likeness (QED) is 0.663. The van der Waals surface area contributed by atoms with Gasteiger partial charge in [-0.15, -0.1) is 0 Å². The van der Waals surface area contributed by atoms with Gasteiger partial charge < -0.3 is 19.1 Å². The molecule has 0 spiro atoms. The molecule has 2 aromatic rings. The third-order valence-electron chi connectivity index (χ3n) is 5.65. The topological polar surface area (TPSA) is 60.0 Å². The Balaban J connectivity index is 1.85. The van der Waals surface area contributed by atoms with Crippen LogP contribution in [-0.2, 0) is 24.1 Å². The van der Waals surface area contributed by atoms with Crippen LogP contribution in [0.4, 0.5) is 0 Å². The van der Waals surface area contributed by atoms with Gasteiger partial charge in [0.25, 0.3) is 0 Å². The van der Waals surface area contributed by atoms with E-state index in [0.29, 0.717) is 24.3 Å². The highest BCUT2D eigenvalue weighted by atomic mass is 16.5. The summed E-state index contributed by atoms with van der Waals surface area (Å²) in [5.41, 5.74) is 4.24. The summed E-state index contributed by atoms with van der Waals surface area (Å²) >= 11 is 0. The molecule has 1 unspecified atom stereocenters. The molecule has 6 heteroatoms. The van der Waals surface area contributed by atoms with Crippen molar-refractivity contribution in [3.8, 4) is 17.2 Å². The molecule has 0 saturated heterocycles. The van der Waals surface area contributed by atoms with Crippen molar-refractivity contribution in [2.24, 2.45) is 0 Å². The van der Waals surface area contributed by atoms with Crippen LogP contribution in [-0.4, -0.2) is 45.3 Å². The summed E-state index contributed by atoms with van der Waals surface area (Å²) in [6, 6.07) is 10.1. The fourth-order valence-corrected chi connectivity index (χ4v) is 4.01. The number of aryl methyl sites for hydroxylation is 1. The average molecular weight is 425 g/mol. The number of hydrogen-bond acceptors (Lipinski definition) is 5. The van der Waals surface area contributed by atoms with Gasteiger partial charge in [0.15, 0.2) is 11.5 Å². The van der Waals surface area contributed by atoms with Crippen LogP contribution in [0.15, 0.2) is 36.5 Å². The molecule has 2 aromatic carbocycles. The molecule has 1 amide bonds. The molecule has 0 aliphatic carbocycles. The van der Waals surface area contributed by atoms with Crippen molar-refractivity contribution in [1.29, 1.82) is 0 Å². The number of carbonyl (C=O) groups is 1. The number of carbonyl (C=O) groups excluding carboxylic acids is 1. The van der Waals surface area contributed by atoms with Gasteiger partial charge in [0.1, 0.15) is 5.75 Å². The summed E-state index contributed by atoms with van der Waals surface area (Å²) in [6.45, 7) is 2.16. The predicted molar refractivity (Wildman–Crippen MR) is 123 cm³/mol. The largest absolute Gasteiger partial charge is 0.496 e. The normalized spacial score (nSPS) is 14.1. The van der Waals surface area contributed by atoms with E-state index in [1.165, 1.54) is 5.56 Å². The number of nitrogens with one attached hydrogen (secondary N) is 1. The number of likely N-dealkylation sites (N-methyl/N-ethyl adjacent to an activating group) is 1. The second-order valence-electron chi connectivity index (χ2n) is 7.60. The molecule has 1 heterocycles. The van der Waals surface area contributed by atoms with Gasteiger partial charge in [-0.05, 0) is 60.0 Å². The van der Waals surface area contributed by atoms with Gasteiger partial charge in [0, 0.05) is 12.6 Å². The Morgan fingerprint density at radius 1 is 1.03 bits per heavy atom. The second kappa shape index (κ2) is 10.4. The maximum absolute atomic E-state index is 13.1. The molecule has 166 valence electrons. The van der Waals surface area contributed by atoms with Crippen LogP contribution in [0.3, 0.4) is 0 Å². The number of methoxy groups -OCH3 is 3. The van der Waals surface area contributed by atoms with E-state index in [1.54, 1.807) is 26.2 Å². The molecule has 1 N–H and O–H groups in total. The zero-order chi connectivity index (χ0) is 22.4. The molecule has 1 aliphatic heterocycles. The SMILES string of the molecule is CCCc1cc(CC(NC)N2C=Cc3cc(OC)c(OC)cc3CC2=O)ccc1OC. The summed E-state index contributed by atoms with van der Waals surface area (Å²) in [6.07, 6.45) is 6.66. The Labute approximate surface area is 184 Å². The highest BCUT2D eigenvalue weighted by Gasteiger charge is 2.25. The van der Waals surface area contributed by atoms with Gasteiger partial charge in [-0.25, -0.2) is 0 Å². The van der Waals surface area contributed by atoms with E-state index in [-0.39, 0.29) is 12.1 Å². The lowest BCUT2D eigenvalue weighted by Crippen LogP contribution is -2.46. The van der Waals surface area contributed by atoms with Crippen molar-refractivity contribution < 1.29 is 19.0 Å². The highest BCUT2D eigenvalue weighted by molar-refractivity contribution is 5.84. The van der Waals surface area contributed by atoms with Crippen molar-refractivity contribution in [3.05, 3.63) is 58.8 Å². The molecule has 31 heavy (non-hydrogen) atoms. The van der Waals surface area contributed by atoms with Crippen LogP contribution >= 0.6 is 0 Å². The van der Waals surface area contributed by atoms with E-state index in [2.05, 4.69) is 24.4 Å². The standard InChI is InChI=1S/C25H32N2O4/c1-6-7-19-12-17(8-9-21(19)29-3)13-24(26-2)27-11-10-18-14-22(30-4)23(31-5)15-20(18)16-25(27)28/h8-12,14-15,24,26H,6-7,13,16H2,1-5H3. The minimum atomic E-state index is -0.162. The smallest absolute Gasteiger partial charge is 0.232 e. The van der Waals surface area contributed by atoms with Crippen molar-refractivity contribution in [2.45, 2.75) is 38.8 Å². The van der Waals surface area contributed by atoms with Crippen LogP contribution in [0.5, 0.6) is 17.2 Å². The number of nitrogens with zero attached hydrogens (tertiary/aromatic N) is 1. The van der Waals surface area contributed by atoms with Crippen LogP contribution in [0.25, 0.3) is 6.08 Å². The van der Waals surface area contributed by atoms with Crippen LogP contribution in [0.2, 0.25) is 0 Å². The molecule has 0 saturated carbocycles. The van der Waals surface area contributed by atoms with Crippen molar-refractivity contribution >= 4 is 12.0 Å². The minimum absolute atomic E-state index is 0.0314. The third-order valence-corrected chi connectivity index (χ3v) is 5.65. The number of ether oxygens (including phenoxy) is 3. The van der Waals surface area contributed by atoms with E-state index in [0.717, 1.165) is 35.3 Å². The number of hydrogen-bond donors (Lipinski definition) is 1. The Kier molecular flexibility index (Phi) is 7.58. The molecule has 0 radical (unpaired) electrons. The summed E-state index contributed by atoms with van der Waals surface area (Å²) in [5.74, 6) is 2.22. The highest BCUT2D eigenvalue weighted by Crippen LogP contribution is 2.33. The molecule has 0 bridgehead atoms. The van der Waals surface area contributed by atoms with Crippen LogP contribution < -0.4 is 19.5 Å². The molecule has 1 atom stereocenters. The van der Waals surface area contributed by atoms with Crippen molar-refractivity contribution in [3.63, 3.8) is 0 Å². The lowest BCUT2D eigenvalue weighted by Gasteiger charge is -2.28. The zero-order valence-corrected chi connectivity index (χ0v) is 19.0. The number of benzene rings is 2. The monoisotopic (exact) mass is 424 g/mol. The lowest BCUT2D eigenvalue weighted by molar-refractivity contribution is -0.130. The predicted octanol–water partition coefficient (Wildman–Crippen LogP) is 3.81. The minimum Gasteiger partial charge on any atom is -0.496 e. The van der Waals surface area contributed by atoms with Gasteiger partial charge in [-0.3, -0.25) is 10.1 Å². The fraction of sp³-hybridized carbons (Fsp3) is 0.400. The van der Waals surface area contributed by atoms with E-state index < -0.39 is 0 Å². The first-order chi connectivity index (χ1) is 15.0. The molecule has 0 fully saturated rings. The zero-order valence-electron chi connectivity index (χ0n) is 19.0. The van der Waals surface area contributed by atoms with E-state index in [9.17, 15) is 4.79 Å². The summed E-state index contributed by atoms with van der Waals surface area (Å²) < 4.78 is 16.3. The fourth-order valence-electron chi connectivity index (χ4n) is 4.01. The van der Waals surface area contributed by atoms with Crippen LogP contribution in [0.1, 0.15) is 35.6 Å². The Hall–Kier alpha value is -2.99. The lowest BCUT2D eigenvalue weighted by atomic mass is 10.0. The molecule has 0 aromatic heterocycles. The van der Waals surface area contributed by atoms with Gasteiger partial charge in [0.05, 0.1) is 33.9 Å². The number of fused-ring (bicyclic) bond motifs is 1. The summed E-state index contributed by atoms with van der Waals surface area (Å²) in [7, 11) is 6.80. The van der Waals surface area contributed by atoms with Crippen molar-refractivity contribution in [2.75, 3.05) is 28.4 Å². The molecular formula is C25H32N2O4. The van der Waals surface area contributed by atoms with Gasteiger partial charge in [-0.1, -0.05) is 25.5 Å². The van der Waals surface area contributed by atoms with Crippen molar-refractivity contribution in [1.82, 2.24) is 10.2 Å². The Morgan fingerprint density at radius 2 is 1.74 bits per heavy atom. The second-order valence-corrected chi connectivity index (χ2v) is 7.60. The molecule has 1 aliphatic rings. The van der Waals surface area contributed by atoms with E-state index >= 15 is 0 Å². The van der Waals surface area contributed by atoms with Gasteiger partial charge in [0.2, 0.25) is 5.91 Å². The molecule has 3 rings (SSSR count). The van der Waals surface area contributed by atoms with E-state index in [1.807, 2.05) is 37.5 Å². The number of amides is 1. The van der Waals surface area contributed by atoms with E-state index in [4.69, 9.17) is 14.2 Å². The van der Waals surface area contributed by atoms with Gasteiger partial charge >= 0.3 is 0 Å².